The summed E-state index contributed by atoms with van der Waals surface area (Å²) < 4.78 is 1.56. The molecule has 0 aliphatic rings. The Labute approximate surface area is 106 Å². The number of anilines is 1. The lowest BCUT2D eigenvalue weighted by molar-refractivity contribution is 0.792. The van der Waals surface area contributed by atoms with Gasteiger partial charge in [-0.2, -0.15) is 5.10 Å². The summed E-state index contributed by atoms with van der Waals surface area (Å²) >= 11 is 12.1. The standard InChI is InChI=1S/C10H7Cl2N5/c1-17-10-8(9(13)16-17)14-6-4(11)2-3-5(12)7(6)15-10/h2-3H,1H3,(H2,13,16). The predicted molar refractivity (Wildman–Crippen MR) is 68.2 cm³/mol. The van der Waals surface area contributed by atoms with E-state index in [0.717, 1.165) is 0 Å². The first-order chi connectivity index (χ1) is 8.08. The number of hydrogen-bond donors (Lipinski definition) is 1. The van der Waals surface area contributed by atoms with Crippen LogP contribution in [0.2, 0.25) is 10.0 Å². The van der Waals surface area contributed by atoms with E-state index in [2.05, 4.69) is 15.1 Å². The molecule has 2 heterocycles. The fourth-order valence-corrected chi connectivity index (χ4v) is 2.11. The first-order valence-electron chi connectivity index (χ1n) is 4.82. The molecular formula is C10H7Cl2N5. The van der Waals surface area contributed by atoms with E-state index < -0.39 is 0 Å². The van der Waals surface area contributed by atoms with Gasteiger partial charge in [-0.1, -0.05) is 23.2 Å². The summed E-state index contributed by atoms with van der Waals surface area (Å²) in [5.41, 5.74) is 7.94. The number of hydrogen-bond acceptors (Lipinski definition) is 4. The second-order valence-corrected chi connectivity index (χ2v) is 4.45. The van der Waals surface area contributed by atoms with Crippen molar-refractivity contribution in [3.63, 3.8) is 0 Å². The second kappa shape index (κ2) is 3.45. The molecule has 0 atom stereocenters. The molecule has 86 valence electrons. The van der Waals surface area contributed by atoms with E-state index in [4.69, 9.17) is 28.9 Å². The third-order valence-corrected chi connectivity index (χ3v) is 3.12. The van der Waals surface area contributed by atoms with Crippen LogP contribution in [0.25, 0.3) is 22.2 Å². The minimum absolute atomic E-state index is 0.327. The lowest BCUT2D eigenvalue weighted by Gasteiger charge is -2.02. The smallest absolute Gasteiger partial charge is 0.179 e. The zero-order valence-corrected chi connectivity index (χ0v) is 10.3. The van der Waals surface area contributed by atoms with Gasteiger partial charge in [-0.05, 0) is 12.1 Å². The fraction of sp³-hybridized carbons (Fsp3) is 0.100. The zero-order valence-electron chi connectivity index (χ0n) is 8.78. The van der Waals surface area contributed by atoms with Gasteiger partial charge in [0, 0.05) is 7.05 Å². The number of benzene rings is 1. The van der Waals surface area contributed by atoms with Crippen molar-refractivity contribution in [2.24, 2.45) is 7.05 Å². The van der Waals surface area contributed by atoms with Crippen molar-refractivity contribution in [2.45, 2.75) is 0 Å². The maximum atomic E-state index is 6.07. The highest BCUT2D eigenvalue weighted by Gasteiger charge is 2.13. The van der Waals surface area contributed by atoms with Gasteiger partial charge in [0.15, 0.2) is 17.0 Å². The van der Waals surface area contributed by atoms with E-state index in [9.17, 15) is 0 Å². The van der Waals surface area contributed by atoms with Crippen LogP contribution in [-0.4, -0.2) is 19.7 Å². The molecule has 2 N–H and O–H groups in total. The molecule has 1 aromatic carbocycles. The highest BCUT2D eigenvalue weighted by Crippen LogP contribution is 2.29. The summed E-state index contributed by atoms with van der Waals surface area (Å²) in [4.78, 5) is 8.77. The van der Waals surface area contributed by atoms with E-state index in [0.29, 0.717) is 38.1 Å². The predicted octanol–water partition coefficient (Wildman–Crippen LogP) is 2.41. The number of halogens is 2. The molecule has 7 heteroatoms. The Kier molecular flexibility index (Phi) is 2.14. The van der Waals surface area contributed by atoms with Crippen molar-refractivity contribution in [3.05, 3.63) is 22.2 Å². The van der Waals surface area contributed by atoms with Gasteiger partial charge < -0.3 is 5.73 Å². The van der Waals surface area contributed by atoms with Gasteiger partial charge >= 0.3 is 0 Å². The van der Waals surface area contributed by atoms with Crippen molar-refractivity contribution >= 4 is 51.2 Å². The SMILES string of the molecule is Cn1nc(N)c2nc3c(Cl)ccc(Cl)c3nc21. The molecule has 0 amide bonds. The zero-order chi connectivity index (χ0) is 12.2. The molecular weight excluding hydrogens is 261 g/mol. The van der Waals surface area contributed by atoms with E-state index >= 15 is 0 Å². The normalized spacial score (nSPS) is 11.5. The molecule has 0 unspecified atom stereocenters. The summed E-state index contributed by atoms with van der Waals surface area (Å²) in [6.45, 7) is 0. The third-order valence-electron chi connectivity index (χ3n) is 2.51. The second-order valence-electron chi connectivity index (χ2n) is 3.63. The average molecular weight is 268 g/mol. The summed E-state index contributed by atoms with van der Waals surface area (Å²) in [5, 5.41) is 5.04. The molecule has 17 heavy (non-hydrogen) atoms. The first kappa shape index (κ1) is 10.6. The van der Waals surface area contributed by atoms with Crippen LogP contribution in [-0.2, 0) is 7.05 Å². The van der Waals surface area contributed by atoms with Crippen LogP contribution >= 0.6 is 23.2 Å². The molecule has 0 bridgehead atoms. The first-order valence-corrected chi connectivity index (χ1v) is 5.57. The molecule has 3 rings (SSSR count). The molecule has 3 aromatic rings. The highest BCUT2D eigenvalue weighted by molar-refractivity contribution is 6.39. The van der Waals surface area contributed by atoms with Crippen LogP contribution in [0.4, 0.5) is 5.82 Å². The Balaban J connectivity index is 2.58. The number of rotatable bonds is 0. The van der Waals surface area contributed by atoms with E-state index in [1.807, 2.05) is 0 Å². The Morgan fingerprint density at radius 1 is 1.06 bits per heavy atom. The monoisotopic (exact) mass is 267 g/mol. The Morgan fingerprint density at radius 3 is 2.29 bits per heavy atom. The molecule has 2 aromatic heterocycles. The fourth-order valence-electron chi connectivity index (χ4n) is 1.72. The van der Waals surface area contributed by atoms with Gasteiger partial charge in [-0.15, -0.1) is 0 Å². The van der Waals surface area contributed by atoms with Crippen molar-refractivity contribution < 1.29 is 0 Å². The van der Waals surface area contributed by atoms with Crippen LogP contribution < -0.4 is 5.73 Å². The maximum absolute atomic E-state index is 6.07. The summed E-state index contributed by atoms with van der Waals surface area (Å²) in [6, 6.07) is 3.37. The van der Waals surface area contributed by atoms with Gasteiger partial charge in [0.25, 0.3) is 0 Å². The number of aromatic nitrogens is 4. The van der Waals surface area contributed by atoms with Crippen molar-refractivity contribution in [2.75, 3.05) is 5.73 Å². The van der Waals surface area contributed by atoms with Gasteiger partial charge in [0.05, 0.1) is 10.0 Å². The van der Waals surface area contributed by atoms with Crippen LogP contribution in [0, 0.1) is 0 Å². The number of aryl methyl sites for hydroxylation is 1. The highest BCUT2D eigenvalue weighted by atomic mass is 35.5. The number of nitrogen functional groups attached to an aromatic ring is 1. The molecule has 0 fully saturated rings. The van der Waals surface area contributed by atoms with E-state index in [1.165, 1.54) is 0 Å². The Bertz CT molecular complexity index is 688. The lowest BCUT2D eigenvalue weighted by atomic mass is 10.3. The number of fused-ring (bicyclic) bond motifs is 2. The Morgan fingerprint density at radius 2 is 1.65 bits per heavy atom. The third kappa shape index (κ3) is 1.43. The van der Waals surface area contributed by atoms with Gasteiger partial charge in [0.1, 0.15) is 11.0 Å². The van der Waals surface area contributed by atoms with Crippen LogP contribution in [0.15, 0.2) is 12.1 Å². The molecule has 5 nitrogen and oxygen atoms in total. The minimum atomic E-state index is 0.327. The van der Waals surface area contributed by atoms with Crippen molar-refractivity contribution in [3.8, 4) is 0 Å². The van der Waals surface area contributed by atoms with Gasteiger partial charge in [-0.25, -0.2) is 14.6 Å². The maximum Gasteiger partial charge on any atom is 0.179 e. The molecule has 0 radical (unpaired) electrons. The quantitative estimate of drug-likeness (QED) is 0.679. The summed E-state index contributed by atoms with van der Waals surface area (Å²) in [7, 11) is 1.75. The molecule has 0 saturated carbocycles. The number of nitrogens with two attached hydrogens (primary N) is 1. The van der Waals surface area contributed by atoms with E-state index in [1.54, 1.807) is 23.9 Å². The summed E-state index contributed by atoms with van der Waals surface area (Å²) in [6.07, 6.45) is 0. The molecule has 0 aliphatic carbocycles. The van der Waals surface area contributed by atoms with Crippen LogP contribution in [0.1, 0.15) is 0 Å². The van der Waals surface area contributed by atoms with Gasteiger partial charge in [0.2, 0.25) is 0 Å². The van der Waals surface area contributed by atoms with Crippen molar-refractivity contribution in [1.29, 1.82) is 0 Å². The summed E-state index contributed by atoms with van der Waals surface area (Å²) in [5.74, 6) is 0.327. The lowest BCUT2D eigenvalue weighted by Crippen LogP contribution is -1.94. The van der Waals surface area contributed by atoms with Gasteiger partial charge in [-0.3, -0.25) is 0 Å². The van der Waals surface area contributed by atoms with Crippen LogP contribution in [0.5, 0.6) is 0 Å². The minimum Gasteiger partial charge on any atom is -0.380 e. The molecule has 0 saturated heterocycles. The average Bonchev–Trinajstić information content (AvgIpc) is 2.58. The van der Waals surface area contributed by atoms with E-state index in [-0.39, 0.29) is 0 Å². The topological polar surface area (TPSA) is 69.6 Å². The molecule has 0 spiro atoms. The van der Waals surface area contributed by atoms with Crippen LogP contribution in [0.3, 0.4) is 0 Å². The Hall–Kier alpha value is -1.59. The molecule has 0 aliphatic heterocycles. The van der Waals surface area contributed by atoms with Crippen molar-refractivity contribution in [1.82, 2.24) is 19.7 Å². The number of nitrogens with zero attached hydrogens (tertiary/aromatic N) is 4. The largest absolute Gasteiger partial charge is 0.380 e.